The van der Waals surface area contributed by atoms with E-state index in [9.17, 15) is 0 Å². The molecular weight excluding hydrogens is 222 g/mol. The summed E-state index contributed by atoms with van der Waals surface area (Å²) in [4.78, 5) is 6.67. The van der Waals surface area contributed by atoms with Crippen molar-refractivity contribution in [3.63, 3.8) is 0 Å². The largest absolute Gasteiger partial charge is 0.312 e. The van der Waals surface area contributed by atoms with E-state index in [0.717, 1.165) is 13.1 Å². The van der Waals surface area contributed by atoms with Crippen molar-refractivity contribution < 1.29 is 0 Å². The Labute approximate surface area is 111 Å². The van der Waals surface area contributed by atoms with E-state index < -0.39 is 0 Å². The van der Waals surface area contributed by atoms with Crippen molar-refractivity contribution in [2.24, 2.45) is 0 Å². The maximum atomic E-state index is 4.19. The molecule has 0 aromatic carbocycles. The molecule has 100 valence electrons. The number of nitrogens with one attached hydrogen (secondary N) is 1. The standard InChI is InChI=1S/C15H25N3/c1-3-9-17-14-7-4-8-15(14)18(2)12-13-6-5-10-16-11-13/h5-6,10-11,14-15,17H,3-4,7-9,12H2,1-2H3. The van der Waals surface area contributed by atoms with Crippen molar-refractivity contribution in [3.05, 3.63) is 30.1 Å². The molecule has 2 rings (SSSR count). The van der Waals surface area contributed by atoms with Crippen LogP contribution in [0, 0.1) is 0 Å². The van der Waals surface area contributed by atoms with Gasteiger partial charge in [0.1, 0.15) is 0 Å². The minimum atomic E-state index is 0.673. The first-order valence-corrected chi connectivity index (χ1v) is 7.13. The topological polar surface area (TPSA) is 28.2 Å². The molecule has 18 heavy (non-hydrogen) atoms. The number of aromatic nitrogens is 1. The molecule has 1 fully saturated rings. The van der Waals surface area contributed by atoms with Gasteiger partial charge >= 0.3 is 0 Å². The summed E-state index contributed by atoms with van der Waals surface area (Å²) in [6.07, 6.45) is 9.02. The van der Waals surface area contributed by atoms with Gasteiger partial charge in [-0.3, -0.25) is 9.88 Å². The molecule has 1 aliphatic carbocycles. The molecule has 1 saturated carbocycles. The second-order valence-corrected chi connectivity index (χ2v) is 5.34. The lowest BCUT2D eigenvalue weighted by Gasteiger charge is -2.30. The minimum absolute atomic E-state index is 0.673. The molecule has 1 aromatic heterocycles. The second-order valence-electron chi connectivity index (χ2n) is 5.34. The van der Waals surface area contributed by atoms with Gasteiger partial charge in [0.05, 0.1) is 0 Å². The predicted octanol–water partition coefficient (Wildman–Crippen LogP) is 2.43. The van der Waals surface area contributed by atoms with E-state index in [0.29, 0.717) is 12.1 Å². The number of pyridine rings is 1. The first-order chi connectivity index (χ1) is 8.81. The summed E-state index contributed by atoms with van der Waals surface area (Å²) in [6, 6.07) is 5.53. The fraction of sp³-hybridized carbons (Fsp3) is 0.667. The molecule has 2 unspecified atom stereocenters. The third kappa shape index (κ3) is 3.53. The van der Waals surface area contributed by atoms with E-state index >= 15 is 0 Å². The van der Waals surface area contributed by atoms with Crippen molar-refractivity contribution >= 4 is 0 Å². The predicted molar refractivity (Wildman–Crippen MR) is 75.4 cm³/mol. The second kappa shape index (κ2) is 6.86. The van der Waals surface area contributed by atoms with Gasteiger partial charge in [0, 0.05) is 31.0 Å². The van der Waals surface area contributed by atoms with Crippen molar-refractivity contribution in [2.75, 3.05) is 13.6 Å². The lowest BCUT2D eigenvalue weighted by atomic mass is 10.1. The SMILES string of the molecule is CCCNC1CCCC1N(C)Cc1cccnc1. The molecule has 1 N–H and O–H groups in total. The van der Waals surface area contributed by atoms with Gasteiger partial charge in [0.2, 0.25) is 0 Å². The van der Waals surface area contributed by atoms with E-state index in [4.69, 9.17) is 0 Å². The number of rotatable bonds is 6. The van der Waals surface area contributed by atoms with E-state index in [-0.39, 0.29) is 0 Å². The highest BCUT2D eigenvalue weighted by atomic mass is 15.2. The van der Waals surface area contributed by atoms with Gasteiger partial charge in [-0.2, -0.15) is 0 Å². The Hall–Kier alpha value is -0.930. The third-order valence-electron chi connectivity index (χ3n) is 3.86. The van der Waals surface area contributed by atoms with Crippen LogP contribution in [0.1, 0.15) is 38.2 Å². The fourth-order valence-corrected chi connectivity index (χ4v) is 2.93. The molecule has 2 atom stereocenters. The van der Waals surface area contributed by atoms with Crippen LogP contribution in [0.4, 0.5) is 0 Å². The zero-order chi connectivity index (χ0) is 12.8. The monoisotopic (exact) mass is 247 g/mol. The summed E-state index contributed by atoms with van der Waals surface area (Å²) >= 11 is 0. The summed E-state index contributed by atoms with van der Waals surface area (Å²) < 4.78 is 0. The summed E-state index contributed by atoms with van der Waals surface area (Å²) in [7, 11) is 2.24. The summed E-state index contributed by atoms with van der Waals surface area (Å²) in [5.74, 6) is 0. The fourth-order valence-electron chi connectivity index (χ4n) is 2.93. The van der Waals surface area contributed by atoms with E-state index in [1.807, 2.05) is 18.5 Å². The first-order valence-electron chi connectivity index (χ1n) is 7.13. The molecule has 0 saturated heterocycles. The van der Waals surface area contributed by atoms with Crippen LogP contribution in [0.5, 0.6) is 0 Å². The van der Waals surface area contributed by atoms with Crippen LogP contribution in [0.25, 0.3) is 0 Å². The van der Waals surface area contributed by atoms with Gasteiger partial charge in [-0.25, -0.2) is 0 Å². The van der Waals surface area contributed by atoms with Crippen LogP contribution >= 0.6 is 0 Å². The lowest BCUT2D eigenvalue weighted by Crippen LogP contribution is -2.45. The average molecular weight is 247 g/mol. The normalized spacial score (nSPS) is 23.7. The molecule has 0 amide bonds. The zero-order valence-electron chi connectivity index (χ0n) is 11.6. The summed E-state index contributed by atoms with van der Waals surface area (Å²) in [5, 5.41) is 3.69. The maximum Gasteiger partial charge on any atom is 0.0312 e. The lowest BCUT2D eigenvalue weighted by molar-refractivity contribution is 0.203. The summed E-state index contributed by atoms with van der Waals surface area (Å²) in [6.45, 7) is 4.38. The highest BCUT2D eigenvalue weighted by Gasteiger charge is 2.29. The molecule has 0 radical (unpaired) electrons. The first kappa shape index (κ1) is 13.5. The number of likely N-dealkylation sites (N-methyl/N-ethyl adjacent to an activating group) is 1. The van der Waals surface area contributed by atoms with Crippen molar-refractivity contribution in [1.29, 1.82) is 0 Å². The van der Waals surface area contributed by atoms with Gasteiger partial charge in [-0.15, -0.1) is 0 Å². The molecule has 1 aliphatic rings. The van der Waals surface area contributed by atoms with Crippen LogP contribution in [-0.4, -0.2) is 35.6 Å². The van der Waals surface area contributed by atoms with Gasteiger partial charge in [0.15, 0.2) is 0 Å². The Morgan fingerprint density at radius 2 is 2.33 bits per heavy atom. The van der Waals surface area contributed by atoms with E-state index in [1.165, 1.54) is 31.2 Å². The smallest absolute Gasteiger partial charge is 0.0312 e. The Balaban J connectivity index is 1.89. The number of hydrogen-bond donors (Lipinski definition) is 1. The molecule has 3 nitrogen and oxygen atoms in total. The summed E-state index contributed by atoms with van der Waals surface area (Å²) in [5.41, 5.74) is 1.31. The Morgan fingerprint density at radius 1 is 1.44 bits per heavy atom. The van der Waals surface area contributed by atoms with Crippen molar-refractivity contribution in [2.45, 2.75) is 51.2 Å². The molecule has 3 heteroatoms. The number of hydrogen-bond acceptors (Lipinski definition) is 3. The number of nitrogens with zero attached hydrogens (tertiary/aromatic N) is 2. The Kier molecular flexibility index (Phi) is 5.14. The molecular formula is C15H25N3. The van der Waals surface area contributed by atoms with Crippen LogP contribution < -0.4 is 5.32 Å². The van der Waals surface area contributed by atoms with E-state index in [2.05, 4.69) is 35.2 Å². The zero-order valence-corrected chi connectivity index (χ0v) is 11.6. The molecule has 1 heterocycles. The molecule has 0 aliphatic heterocycles. The van der Waals surface area contributed by atoms with Crippen molar-refractivity contribution in [3.8, 4) is 0 Å². The van der Waals surface area contributed by atoms with Crippen LogP contribution in [-0.2, 0) is 6.54 Å². The Bertz CT molecular complexity index is 339. The highest BCUT2D eigenvalue weighted by Crippen LogP contribution is 2.24. The van der Waals surface area contributed by atoms with Gasteiger partial charge in [0.25, 0.3) is 0 Å². The van der Waals surface area contributed by atoms with E-state index in [1.54, 1.807) is 0 Å². The minimum Gasteiger partial charge on any atom is -0.312 e. The average Bonchev–Trinajstić information content (AvgIpc) is 2.86. The van der Waals surface area contributed by atoms with Crippen LogP contribution in [0.15, 0.2) is 24.5 Å². The molecule has 0 bridgehead atoms. The quantitative estimate of drug-likeness (QED) is 0.837. The van der Waals surface area contributed by atoms with Gasteiger partial charge in [-0.05, 0) is 44.5 Å². The molecule has 1 aromatic rings. The van der Waals surface area contributed by atoms with Gasteiger partial charge < -0.3 is 5.32 Å². The third-order valence-corrected chi connectivity index (χ3v) is 3.86. The van der Waals surface area contributed by atoms with Crippen LogP contribution in [0.2, 0.25) is 0 Å². The van der Waals surface area contributed by atoms with Crippen molar-refractivity contribution in [1.82, 2.24) is 15.2 Å². The Morgan fingerprint density at radius 3 is 3.06 bits per heavy atom. The van der Waals surface area contributed by atoms with Gasteiger partial charge in [-0.1, -0.05) is 19.4 Å². The molecule has 0 spiro atoms. The highest BCUT2D eigenvalue weighted by molar-refractivity contribution is 5.08. The van der Waals surface area contributed by atoms with Crippen LogP contribution in [0.3, 0.4) is 0 Å². The maximum absolute atomic E-state index is 4.19.